The van der Waals surface area contributed by atoms with Gasteiger partial charge in [-0.15, -0.1) is 0 Å². The van der Waals surface area contributed by atoms with Crippen molar-refractivity contribution in [2.75, 3.05) is 0 Å². The number of hydrogen-bond donors (Lipinski definition) is 8. The van der Waals surface area contributed by atoms with Crippen molar-refractivity contribution in [2.45, 2.75) is 0 Å². The average molecular weight is 350 g/mol. The second-order valence-electron chi connectivity index (χ2n) is 5.03. The van der Waals surface area contributed by atoms with Gasteiger partial charge >= 0.3 is 0 Å². The minimum absolute atomic E-state index is 0.348. The van der Waals surface area contributed by atoms with E-state index in [1.54, 1.807) is 0 Å². The van der Waals surface area contributed by atoms with Crippen LogP contribution in [0.4, 0.5) is 0 Å². The summed E-state index contributed by atoms with van der Waals surface area (Å²) in [5.41, 5.74) is -2.45. The van der Waals surface area contributed by atoms with Gasteiger partial charge in [0.25, 0.3) is 0 Å². The van der Waals surface area contributed by atoms with E-state index in [-0.39, 0.29) is 5.58 Å². The minimum atomic E-state index is -1.24. The molecule has 0 fully saturated rings. The quantitative estimate of drug-likeness (QED) is 0.233. The van der Waals surface area contributed by atoms with E-state index in [0.717, 1.165) is 12.1 Å². The molecule has 10 heteroatoms. The standard InChI is InChI=1S/C15H10O10/c16-3-1-2-4-5(7(3)17)8(18)14(24)15(25-4)6-9(19)11(21)13(23)12(22)10(6)20/h1-2,16-17,19-24H. The van der Waals surface area contributed by atoms with E-state index >= 15 is 0 Å². The maximum absolute atomic E-state index is 12.2. The van der Waals surface area contributed by atoms with Crippen LogP contribution in [0.2, 0.25) is 0 Å². The summed E-state index contributed by atoms with van der Waals surface area (Å²) < 4.78 is 5.16. The number of phenols is 7. The summed E-state index contributed by atoms with van der Waals surface area (Å²) in [4.78, 5) is 12.2. The predicted molar refractivity (Wildman–Crippen MR) is 81.2 cm³/mol. The Morgan fingerprint density at radius 1 is 0.640 bits per heavy atom. The molecule has 0 aliphatic carbocycles. The highest BCUT2D eigenvalue weighted by atomic mass is 16.4. The molecule has 0 bridgehead atoms. The minimum Gasteiger partial charge on any atom is -0.504 e. The molecular formula is C15H10O10. The monoisotopic (exact) mass is 350 g/mol. The Hall–Kier alpha value is -3.95. The highest BCUT2D eigenvalue weighted by Crippen LogP contribution is 2.56. The number of aromatic hydroxyl groups is 8. The second-order valence-corrected chi connectivity index (χ2v) is 5.03. The lowest BCUT2D eigenvalue weighted by Gasteiger charge is -2.13. The molecule has 1 heterocycles. The van der Waals surface area contributed by atoms with Crippen LogP contribution in [0.3, 0.4) is 0 Å². The van der Waals surface area contributed by atoms with Crippen LogP contribution in [-0.2, 0) is 0 Å². The third-order valence-corrected chi connectivity index (χ3v) is 3.59. The van der Waals surface area contributed by atoms with E-state index < -0.39 is 68.1 Å². The van der Waals surface area contributed by atoms with Gasteiger partial charge in [-0.2, -0.15) is 0 Å². The van der Waals surface area contributed by atoms with Gasteiger partial charge in [0.2, 0.25) is 28.4 Å². The Bertz CT molecular complexity index is 1070. The van der Waals surface area contributed by atoms with Crippen LogP contribution >= 0.6 is 0 Å². The molecule has 0 radical (unpaired) electrons. The lowest BCUT2D eigenvalue weighted by atomic mass is 10.0. The first kappa shape index (κ1) is 15.9. The Labute approximate surface area is 136 Å². The topological polar surface area (TPSA) is 192 Å². The summed E-state index contributed by atoms with van der Waals surface area (Å²) in [6.07, 6.45) is 0. The third kappa shape index (κ3) is 2.01. The van der Waals surface area contributed by atoms with E-state index in [1.165, 1.54) is 0 Å². The highest BCUT2D eigenvalue weighted by molar-refractivity contribution is 5.92. The molecule has 130 valence electrons. The van der Waals surface area contributed by atoms with Crippen LogP contribution in [-0.4, -0.2) is 40.9 Å². The Morgan fingerprint density at radius 3 is 1.72 bits per heavy atom. The molecule has 0 amide bonds. The second kappa shape index (κ2) is 5.03. The van der Waals surface area contributed by atoms with Crippen LogP contribution in [0.5, 0.6) is 46.0 Å². The van der Waals surface area contributed by atoms with E-state index in [9.17, 15) is 45.6 Å². The van der Waals surface area contributed by atoms with Crippen LogP contribution in [0.15, 0.2) is 21.3 Å². The summed E-state index contributed by atoms with van der Waals surface area (Å²) in [5.74, 6) is -9.66. The Balaban J connectivity index is 2.50. The first-order valence-corrected chi connectivity index (χ1v) is 6.56. The fraction of sp³-hybridized carbons (Fsp3) is 0. The van der Waals surface area contributed by atoms with Crippen LogP contribution in [0, 0.1) is 0 Å². The van der Waals surface area contributed by atoms with Crippen LogP contribution in [0.25, 0.3) is 22.3 Å². The molecule has 0 saturated heterocycles. The van der Waals surface area contributed by atoms with Gasteiger partial charge in [-0.1, -0.05) is 0 Å². The summed E-state index contributed by atoms with van der Waals surface area (Å²) in [5, 5.41) is 76.8. The van der Waals surface area contributed by atoms with Crippen molar-refractivity contribution in [1.29, 1.82) is 0 Å². The Morgan fingerprint density at radius 2 is 1.16 bits per heavy atom. The summed E-state index contributed by atoms with van der Waals surface area (Å²) in [6.45, 7) is 0. The van der Waals surface area contributed by atoms with E-state index in [1.807, 2.05) is 0 Å². The summed E-state index contributed by atoms with van der Waals surface area (Å²) >= 11 is 0. The van der Waals surface area contributed by atoms with Gasteiger partial charge in [-0.3, -0.25) is 4.79 Å². The summed E-state index contributed by atoms with van der Waals surface area (Å²) in [7, 11) is 0. The fourth-order valence-corrected chi connectivity index (χ4v) is 2.32. The van der Waals surface area contributed by atoms with Crippen LogP contribution < -0.4 is 5.43 Å². The van der Waals surface area contributed by atoms with Crippen molar-refractivity contribution in [1.82, 2.24) is 0 Å². The van der Waals surface area contributed by atoms with Crippen molar-refractivity contribution in [3.05, 3.63) is 22.4 Å². The number of hydrogen-bond acceptors (Lipinski definition) is 10. The maximum atomic E-state index is 12.2. The molecule has 0 saturated carbocycles. The zero-order valence-corrected chi connectivity index (χ0v) is 12.0. The van der Waals surface area contributed by atoms with Gasteiger partial charge < -0.3 is 45.3 Å². The summed E-state index contributed by atoms with van der Waals surface area (Å²) in [6, 6.07) is 2.04. The number of benzene rings is 2. The highest BCUT2D eigenvalue weighted by Gasteiger charge is 2.29. The fourth-order valence-electron chi connectivity index (χ4n) is 2.32. The van der Waals surface area contributed by atoms with Gasteiger partial charge in [0.05, 0.1) is 0 Å². The SMILES string of the molecule is O=c1c(O)c(-c2c(O)c(O)c(O)c(O)c2O)oc2ccc(O)c(O)c12. The third-order valence-electron chi connectivity index (χ3n) is 3.59. The maximum Gasteiger partial charge on any atom is 0.238 e. The number of phenolic OH excluding ortho intramolecular Hbond substituents is 7. The molecule has 0 aliphatic rings. The number of rotatable bonds is 1. The molecular weight excluding hydrogens is 340 g/mol. The van der Waals surface area contributed by atoms with Crippen molar-refractivity contribution in [3.8, 4) is 57.3 Å². The lowest BCUT2D eigenvalue weighted by Crippen LogP contribution is -2.03. The Kier molecular flexibility index (Phi) is 3.20. The van der Waals surface area contributed by atoms with Crippen molar-refractivity contribution >= 4 is 11.0 Å². The van der Waals surface area contributed by atoms with Gasteiger partial charge in [0, 0.05) is 0 Å². The molecule has 1 aromatic heterocycles. The lowest BCUT2D eigenvalue weighted by molar-refractivity contribution is 0.328. The van der Waals surface area contributed by atoms with Crippen molar-refractivity contribution < 1.29 is 45.3 Å². The molecule has 2 aromatic carbocycles. The van der Waals surface area contributed by atoms with E-state index in [4.69, 9.17) is 4.42 Å². The molecule has 0 atom stereocenters. The number of fused-ring (bicyclic) bond motifs is 1. The zero-order chi connectivity index (χ0) is 18.6. The van der Waals surface area contributed by atoms with E-state index in [0.29, 0.717) is 0 Å². The molecule has 0 aliphatic heterocycles. The first-order chi connectivity index (χ1) is 11.7. The predicted octanol–water partition coefficient (Wildman–Crippen LogP) is 1.10. The largest absolute Gasteiger partial charge is 0.504 e. The van der Waals surface area contributed by atoms with Crippen molar-refractivity contribution in [2.24, 2.45) is 0 Å². The molecule has 10 nitrogen and oxygen atoms in total. The first-order valence-electron chi connectivity index (χ1n) is 6.56. The average Bonchev–Trinajstić information content (AvgIpc) is 2.58. The van der Waals surface area contributed by atoms with Crippen molar-refractivity contribution in [3.63, 3.8) is 0 Å². The smallest absolute Gasteiger partial charge is 0.238 e. The molecule has 3 rings (SSSR count). The van der Waals surface area contributed by atoms with E-state index in [2.05, 4.69) is 0 Å². The molecule has 0 spiro atoms. The van der Waals surface area contributed by atoms with Gasteiger partial charge in [0.15, 0.2) is 28.8 Å². The molecule has 25 heavy (non-hydrogen) atoms. The van der Waals surface area contributed by atoms with Gasteiger partial charge in [0.1, 0.15) is 16.5 Å². The van der Waals surface area contributed by atoms with Gasteiger partial charge in [-0.25, -0.2) is 0 Å². The molecule has 8 N–H and O–H groups in total. The zero-order valence-electron chi connectivity index (χ0n) is 12.0. The normalized spacial score (nSPS) is 11.0. The molecule has 0 unspecified atom stereocenters. The van der Waals surface area contributed by atoms with Crippen LogP contribution in [0.1, 0.15) is 0 Å². The van der Waals surface area contributed by atoms with Gasteiger partial charge in [-0.05, 0) is 12.1 Å². The molecule has 3 aromatic rings.